The van der Waals surface area contributed by atoms with Crippen LogP contribution in [0, 0.1) is 0 Å². The molecule has 1 aliphatic rings. The normalized spacial score (nSPS) is 34.1. The summed E-state index contributed by atoms with van der Waals surface area (Å²) in [5.74, 6) is 0. The third-order valence-electron chi connectivity index (χ3n) is 1.17. The molecule has 1 saturated heterocycles. The van der Waals surface area contributed by atoms with E-state index < -0.39 is 0 Å². The summed E-state index contributed by atoms with van der Waals surface area (Å²) in [7, 11) is 3.97. The summed E-state index contributed by atoms with van der Waals surface area (Å²) in [5.41, 5.74) is 3.12. The predicted octanol–water partition coefficient (Wildman–Crippen LogP) is -0.844. The Kier molecular flexibility index (Phi) is 1.77. The smallest absolute Gasteiger partial charge is 0.0636 e. The molecule has 0 aromatic heterocycles. The van der Waals surface area contributed by atoms with Gasteiger partial charge in [0.15, 0.2) is 0 Å². The van der Waals surface area contributed by atoms with E-state index >= 15 is 0 Å². The van der Waals surface area contributed by atoms with Gasteiger partial charge in [0.1, 0.15) is 0 Å². The fourth-order valence-electron chi connectivity index (χ4n) is 0.737. The van der Waals surface area contributed by atoms with Crippen LogP contribution in [0.3, 0.4) is 0 Å². The first kappa shape index (κ1) is 6.35. The van der Waals surface area contributed by atoms with Crippen molar-refractivity contribution in [2.45, 2.75) is 5.50 Å². The van der Waals surface area contributed by atoms with Gasteiger partial charge in [0.25, 0.3) is 0 Å². The van der Waals surface area contributed by atoms with Crippen molar-refractivity contribution in [2.75, 3.05) is 20.8 Å². The molecule has 1 aliphatic heterocycles. The van der Waals surface area contributed by atoms with Gasteiger partial charge in [-0.3, -0.25) is 10.3 Å². The number of nitrogens with one attached hydrogen (secondary N) is 1. The van der Waals surface area contributed by atoms with Crippen molar-refractivity contribution in [3.8, 4) is 0 Å². The lowest BCUT2D eigenvalue weighted by Gasteiger charge is -2.22. The second kappa shape index (κ2) is 2.23. The van der Waals surface area contributed by atoms with E-state index in [0.717, 1.165) is 6.67 Å². The average Bonchev–Trinajstić information content (AvgIpc) is 1.85. The summed E-state index contributed by atoms with van der Waals surface area (Å²) in [6.07, 6.45) is 0. The Bertz CT molecular complexity index is 77.4. The van der Waals surface area contributed by atoms with Crippen LogP contribution < -0.4 is 5.43 Å². The highest BCUT2D eigenvalue weighted by Crippen LogP contribution is 1.98. The molecule has 4 heteroatoms. The van der Waals surface area contributed by atoms with E-state index in [2.05, 4.69) is 10.3 Å². The minimum atomic E-state index is 0.0833. The summed E-state index contributed by atoms with van der Waals surface area (Å²) in [4.78, 5) is 2.05. The maximum Gasteiger partial charge on any atom is 0.0636 e. The van der Waals surface area contributed by atoms with Crippen molar-refractivity contribution in [3.05, 3.63) is 0 Å². The van der Waals surface area contributed by atoms with E-state index in [1.807, 2.05) is 19.1 Å². The van der Waals surface area contributed by atoms with E-state index in [9.17, 15) is 0 Å². The van der Waals surface area contributed by atoms with Crippen molar-refractivity contribution in [1.29, 1.82) is 0 Å². The molecule has 8 heavy (non-hydrogen) atoms. The van der Waals surface area contributed by atoms with Crippen LogP contribution in [-0.4, -0.2) is 36.2 Å². The van der Waals surface area contributed by atoms with Crippen LogP contribution in [0.2, 0.25) is 0 Å². The van der Waals surface area contributed by atoms with E-state index in [1.165, 1.54) is 0 Å². The van der Waals surface area contributed by atoms with Crippen LogP contribution in [0.4, 0.5) is 0 Å². The van der Waals surface area contributed by atoms with Gasteiger partial charge in [0.2, 0.25) is 0 Å². The highest BCUT2D eigenvalue weighted by Gasteiger charge is 2.12. The van der Waals surface area contributed by atoms with Crippen molar-refractivity contribution >= 4 is 12.6 Å². The SMILES string of the molecule is CN1CN(C)C([S-])N1. The monoisotopic (exact) mass is 132 g/mol. The zero-order valence-electron chi connectivity index (χ0n) is 5.09. The Morgan fingerprint density at radius 2 is 2.25 bits per heavy atom. The lowest BCUT2D eigenvalue weighted by molar-refractivity contribution is 0.283. The van der Waals surface area contributed by atoms with Crippen LogP contribution in [0.1, 0.15) is 0 Å². The van der Waals surface area contributed by atoms with Gasteiger partial charge >= 0.3 is 0 Å². The first-order valence-electron chi connectivity index (χ1n) is 2.53. The van der Waals surface area contributed by atoms with Gasteiger partial charge in [-0.25, -0.2) is 5.01 Å². The van der Waals surface area contributed by atoms with Gasteiger partial charge < -0.3 is 12.6 Å². The first-order chi connectivity index (χ1) is 3.70. The average molecular weight is 132 g/mol. The number of hydrazine groups is 1. The van der Waals surface area contributed by atoms with E-state index in [1.54, 1.807) is 0 Å². The summed E-state index contributed by atoms with van der Waals surface area (Å²) in [6, 6.07) is 0. The molecule has 0 bridgehead atoms. The number of hydrogen-bond donors (Lipinski definition) is 1. The Balaban J connectivity index is 2.39. The van der Waals surface area contributed by atoms with Gasteiger partial charge in [-0.1, -0.05) is 0 Å². The third-order valence-corrected chi connectivity index (χ3v) is 1.63. The van der Waals surface area contributed by atoms with Gasteiger partial charge in [0, 0.05) is 7.05 Å². The molecule has 0 radical (unpaired) electrons. The molecule has 1 N–H and O–H groups in total. The zero-order chi connectivity index (χ0) is 6.15. The second-order valence-corrected chi connectivity index (χ2v) is 2.52. The molecule has 0 amide bonds. The molecule has 0 aliphatic carbocycles. The largest absolute Gasteiger partial charge is 0.757 e. The highest BCUT2D eigenvalue weighted by atomic mass is 32.1. The summed E-state index contributed by atoms with van der Waals surface area (Å²) >= 11 is 4.98. The fraction of sp³-hybridized carbons (Fsp3) is 1.00. The van der Waals surface area contributed by atoms with Crippen LogP contribution >= 0.6 is 0 Å². The minimum absolute atomic E-state index is 0.0833. The molecular weight excluding hydrogens is 122 g/mol. The van der Waals surface area contributed by atoms with E-state index in [-0.39, 0.29) is 5.50 Å². The standard InChI is InChI=1S/C4H11N3S/c1-6-3-7(2)5-4(6)8/h4-5,8H,3H2,1-2H3/p-1. The number of nitrogens with zero attached hydrogens (tertiary/aromatic N) is 2. The van der Waals surface area contributed by atoms with Crippen LogP contribution in [0.25, 0.3) is 0 Å². The fourth-order valence-corrected chi connectivity index (χ4v) is 0.983. The molecular formula is C4H10N3S-. The van der Waals surface area contributed by atoms with Gasteiger partial charge in [-0.2, -0.15) is 0 Å². The summed E-state index contributed by atoms with van der Waals surface area (Å²) < 4.78 is 0. The van der Waals surface area contributed by atoms with Crippen LogP contribution in [-0.2, 0) is 12.6 Å². The minimum Gasteiger partial charge on any atom is -0.757 e. The summed E-state index contributed by atoms with van der Waals surface area (Å²) in [5, 5.41) is 1.97. The van der Waals surface area contributed by atoms with Gasteiger partial charge in [-0.05, 0) is 12.5 Å². The van der Waals surface area contributed by atoms with Gasteiger partial charge in [0.05, 0.1) is 6.67 Å². The lowest BCUT2D eigenvalue weighted by atomic mass is 10.8. The van der Waals surface area contributed by atoms with E-state index in [0.29, 0.717) is 0 Å². The Hall–Kier alpha value is 0.230. The van der Waals surface area contributed by atoms with Crippen molar-refractivity contribution in [2.24, 2.45) is 0 Å². The lowest BCUT2D eigenvalue weighted by Crippen LogP contribution is -2.32. The molecule has 1 unspecified atom stereocenters. The molecule has 1 fully saturated rings. The first-order valence-corrected chi connectivity index (χ1v) is 3.00. The second-order valence-electron chi connectivity index (χ2n) is 2.08. The molecule has 1 heterocycles. The molecule has 0 aromatic carbocycles. The predicted molar refractivity (Wildman–Crippen MR) is 34.7 cm³/mol. The van der Waals surface area contributed by atoms with Crippen molar-refractivity contribution in [1.82, 2.24) is 15.3 Å². The molecule has 0 saturated carbocycles. The molecule has 1 rings (SSSR count). The quantitative estimate of drug-likeness (QED) is 0.433. The maximum atomic E-state index is 4.98. The van der Waals surface area contributed by atoms with Crippen molar-refractivity contribution < 1.29 is 0 Å². The molecule has 48 valence electrons. The maximum absolute atomic E-state index is 4.98. The van der Waals surface area contributed by atoms with Crippen molar-refractivity contribution in [3.63, 3.8) is 0 Å². The third kappa shape index (κ3) is 1.14. The Morgan fingerprint density at radius 1 is 1.62 bits per heavy atom. The Labute approximate surface area is 55.0 Å². The highest BCUT2D eigenvalue weighted by molar-refractivity contribution is 7.59. The van der Waals surface area contributed by atoms with Gasteiger partial charge in [-0.15, -0.1) is 0 Å². The number of hydrogen-bond acceptors (Lipinski definition) is 4. The molecule has 1 atom stereocenters. The summed E-state index contributed by atoms with van der Waals surface area (Å²) in [6.45, 7) is 0.911. The topological polar surface area (TPSA) is 18.5 Å². The number of rotatable bonds is 0. The molecule has 3 nitrogen and oxygen atoms in total. The van der Waals surface area contributed by atoms with Crippen LogP contribution in [0.15, 0.2) is 0 Å². The molecule has 0 spiro atoms. The molecule has 0 aromatic rings. The van der Waals surface area contributed by atoms with Crippen LogP contribution in [0.5, 0.6) is 0 Å². The van der Waals surface area contributed by atoms with E-state index in [4.69, 9.17) is 12.6 Å². The zero-order valence-corrected chi connectivity index (χ0v) is 5.90. The Morgan fingerprint density at radius 3 is 2.38 bits per heavy atom.